The van der Waals surface area contributed by atoms with Gasteiger partial charge in [-0.3, -0.25) is 4.57 Å². The molecule has 0 unspecified atom stereocenters. The van der Waals surface area contributed by atoms with Crippen molar-refractivity contribution in [2.75, 3.05) is 12.8 Å². The summed E-state index contributed by atoms with van der Waals surface area (Å²) in [7, 11) is 1.73. The molecule has 1 saturated carbocycles. The number of nitrogens with two attached hydrogens (primary N) is 1. The summed E-state index contributed by atoms with van der Waals surface area (Å²) in [6.07, 6.45) is 3.85. The number of nitrogen functional groups attached to an aromatic ring is 1. The monoisotopic (exact) mass is 252 g/mol. The first-order chi connectivity index (χ1) is 8.19. The van der Waals surface area contributed by atoms with E-state index in [2.05, 4.69) is 9.97 Å². The van der Waals surface area contributed by atoms with E-state index in [9.17, 15) is 0 Å². The highest BCUT2D eigenvalue weighted by atomic mass is 35.5. The van der Waals surface area contributed by atoms with Crippen molar-refractivity contribution in [3.8, 4) is 0 Å². The van der Waals surface area contributed by atoms with Crippen LogP contribution in [0.3, 0.4) is 0 Å². The standard InChI is InChI=1S/C11H13ClN4O/c1-17-8-3-7(4-8)16-10-9(15-11(16)13)2-6(12)5-14-10/h2,5,7-8H,3-4H2,1H3,(H2,13,15). The van der Waals surface area contributed by atoms with Crippen molar-refractivity contribution < 1.29 is 4.74 Å². The van der Waals surface area contributed by atoms with Crippen LogP contribution in [-0.2, 0) is 4.74 Å². The summed E-state index contributed by atoms with van der Waals surface area (Å²) in [5.41, 5.74) is 7.47. The zero-order valence-electron chi connectivity index (χ0n) is 9.43. The predicted molar refractivity (Wildman–Crippen MR) is 66.0 cm³/mol. The molecule has 90 valence electrons. The topological polar surface area (TPSA) is 66.0 Å². The van der Waals surface area contributed by atoms with E-state index < -0.39 is 0 Å². The van der Waals surface area contributed by atoms with Crippen molar-refractivity contribution in [3.63, 3.8) is 0 Å². The van der Waals surface area contributed by atoms with Crippen LogP contribution in [0.1, 0.15) is 18.9 Å². The number of aromatic nitrogens is 3. The molecule has 2 N–H and O–H groups in total. The summed E-state index contributed by atoms with van der Waals surface area (Å²) >= 11 is 5.88. The molecule has 1 fully saturated rings. The second-order valence-electron chi connectivity index (χ2n) is 4.32. The maximum absolute atomic E-state index is 5.93. The summed E-state index contributed by atoms with van der Waals surface area (Å²) in [5.74, 6) is 0.495. The largest absolute Gasteiger partial charge is 0.381 e. The third-order valence-electron chi connectivity index (χ3n) is 3.29. The molecular weight excluding hydrogens is 240 g/mol. The second-order valence-corrected chi connectivity index (χ2v) is 4.76. The number of nitrogens with zero attached hydrogens (tertiary/aromatic N) is 3. The Hall–Kier alpha value is -1.33. The fraction of sp³-hybridized carbons (Fsp3) is 0.455. The normalized spacial score (nSPS) is 23.9. The number of anilines is 1. The van der Waals surface area contributed by atoms with Crippen molar-refractivity contribution >= 4 is 28.7 Å². The second kappa shape index (κ2) is 3.85. The highest BCUT2D eigenvalue weighted by Gasteiger charge is 2.33. The van der Waals surface area contributed by atoms with Crippen molar-refractivity contribution in [1.82, 2.24) is 14.5 Å². The Bertz CT molecular complexity index is 562. The lowest BCUT2D eigenvalue weighted by atomic mass is 9.89. The quantitative estimate of drug-likeness (QED) is 0.888. The number of hydrogen-bond acceptors (Lipinski definition) is 4. The Kier molecular flexibility index (Phi) is 2.45. The molecule has 0 aliphatic heterocycles. The first kappa shape index (κ1) is 10.8. The molecule has 6 heteroatoms. The zero-order valence-corrected chi connectivity index (χ0v) is 10.2. The lowest BCUT2D eigenvalue weighted by molar-refractivity contribution is 0.00784. The summed E-state index contributed by atoms with van der Waals surface area (Å²) in [6, 6.07) is 2.11. The highest BCUT2D eigenvalue weighted by Crippen LogP contribution is 2.37. The summed E-state index contributed by atoms with van der Waals surface area (Å²) in [4.78, 5) is 8.58. The smallest absolute Gasteiger partial charge is 0.202 e. The van der Waals surface area contributed by atoms with Gasteiger partial charge in [0.05, 0.1) is 11.1 Å². The number of ether oxygens (including phenoxy) is 1. The molecule has 1 aliphatic rings. The molecule has 0 aromatic carbocycles. The number of fused-ring (bicyclic) bond motifs is 1. The number of hydrogen-bond donors (Lipinski definition) is 1. The van der Waals surface area contributed by atoms with Gasteiger partial charge in [0.15, 0.2) is 5.65 Å². The first-order valence-electron chi connectivity index (χ1n) is 5.51. The Labute approximate surface area is 104 Å². The summed E-state index contributed by atoms with van der Waals surface area (Å²) in [6.45, 7) is 0. The Balaban J connectivity index is 2.02. The highest BCUT2D eigenvalue weighted by molar-refractivity contribution is 6.31. The van der Waals surface area contributed by atoms with Gasteiger partial charge >= 0.3 is 0 Å². The average molecular weight is 253 g/mol. The van der Waals surface area contributed by atoms with Crippen LogP contribution in [0.5, 0.6) is 0 Å². The van der Waals surface area contributed by atoms with E-state index in [0.717, 1.165) is 24.0 Å². The van der Waals surface area contributed by atoms with Crippen molar-refractivity contribution in [2.45, 2.75) is 25.0 Å². The van der Waals surface area contributed by atoms with Gasteiger partial charge in [0.2, 0.25) is 5.95 Å². The fourth-order valence-electron chi connectivity index (χ4n) is 2.28. The van der Waals surface area contributed by atoms with Gasteiger partial charge in [-0.25, -0.2) is 9.97 Å². The van der Waals surface area contributed by atoms with Crippen LogP contribution in [0.4, 0.5) is 5.95 Å². The van der Waals surface area contributed by atoms with Gasteiger partial charge < -0.3 is 10.5 Å². The molecule has 1 aliphatic carbocycles. The Morgan fingerprint density at radius 3 is 3.00 bits per heavy atom. The number of imidazole rings is 1. The van der Waals surface area contributed by atoms with E-state index in [1.165, 1.54) is 0 Å². The van der Waals surface area contributed by atoms with Crippen LogP contribution in [0.2, 0.25) is 5.02 Å². The molecule has 3 rings (SSSR count). The first-order valence-corrected chi connectivity index (χ1v) is 5.88. The van der Waals surface area contributed by atoms with Crippen LogP contribution in [0.15, 0.2) is 12.3 Å². The Morgan fingerprint density at radius 1 is 1.53 bits per heavy atom. The van der Waals surface area contributed by atoms with E-state index in [4.69, 9.17) is 22.1 Å². The van der Waals surface area contributed by atoms with E-state index >= 15 is 0 Å². The third kappa shape index (κ3) is 1.66. The minimum atomic E-state index is 0.323. The maximum atomic E-state index is 5.93. The van der Waals surface area contributed by atoms with Crippen LogP contribution in [0, 0.1) is 0 Å². The minimum Gasteiger partial charge on any atom is -0.381 e. The predicted octanol–water partition coefficient (Wildman–Crippen LogP) is 2.02. The van der Waals surface area contributed by atoms with Gasteiger partial charge in [0.1, 0.15) is 5.52 Å². The molecule has 17 heavy (non-hydrogen) atoms. The molecule has 0 atom stereocenters. The minimum absolute atomic E-state index is 0.323. The Morgan fingerprint density at radius 2 is 2.29 bits per heavy atom. The molecule has 5 nitrogen and oxygen atoms in total. The van der Waals surface area contributed by atoms with Crippen molar-refractivity contribution in [1.29, 1.82) is 0 Å². The van der Waals surface area contributed by atoms with Gasteiger partial charge in [-0.05, 0) is 18.9 Å². The van der Waals surface area contributed by atoms with E-state index in [-0.39, 0.29) is 0 Å². The van der Waals surface area contributed by atoms with Gasteiger partial charge in [-0.2, -0.15) is 0 Å². The van der Waals surface area contributed by atoms with Gasteiger partial charge in [-0.15, -0.1) is 0 Å². The van der Waals surface area contributed by atoms with Crippen molar-refractivity contribution in [2.24, 2.45) is 0 Å². The molecule has 2 aromatic rings. The number of pyridine rings is 1. The molecule has 0 radical (unpaired) electrons. The van der Waals surface area contributed by atoms with E-state index in [1.54, 1.807) is 19.4 Å². The fourth-order valence-corrected chi connectivity index (χ4v) is 2.43. The molecule has 0 saturated heterocycles. The van der Waals surface area contributed by atoms with Crippen molar-refractivity contribution in [3.05, 3.63) is 17.3 Å². The van der Waals surface area contributed by atoms with Crippen LogP contribution < -0.4 is 5.73 Å². The van der Waals surface area contributed by atoms with Crippen LogP contribution in [0.25, 0.3) is 11.2 Å². The number of halogens is 1. The van der Waals surface area contributed by atoms with Crippen LogP contribution >= 0.6 is 11.6 Å². The molecule has 0 bridgehead atoms. The molecule has 2 heterocycles. The van der Waals surface area contributed by atoms with E-state index in [0.29, 0.717) is 23.1 Å². The molecular formula is C11H13ClN4O. The molecule has 0 spiro atoms. The number of rotatable bonds is 2. The average Bonchev–Trinajstić information content (AvgIpc) is 2.53. The number of methoxy groups -OCH3 is 1. The summed E-state index contributed by atoms with van der Waals surface area (Å²) < 4.78 is 7.24. The van der Waals surface area contributed by atoms with Gasteiger partial charge in [-0.1, -0.05) is 11.6 Å². The molecule has 0 amide bonds. The lowest BCUT2D eigenvalue weighted by Crippen LogP contribution is -2.33. The SMILES string of the molecule is COC1CC(n2c(N)nc3cc(Cl)cnc32)C1. The zero-order chi connectivity index (χ0) is 12.0. The molecule has 2 aromatic heterocycles. The third-order valence-corrected chi connectivity index (χ3v) is 3.50. The summed E-state index contributed by atoms with van der Waals surface area (Å²) in [5, 5.41) is 0.575. The van der Waals surface area contributed by atoms with Crippen LogP contribution in [-0.4, -0.2) is 27.7 Å². The van der Waals surface area contributed by atoms with E-state index in [1.807, 2.05) is 4.57 Å². The maximum Gasteiger partial charge on any atom is 0.202 e. The lowest BCUT2D eigenvalue weighted by Gasteiger charge is -2.35. The van der Waals surface area contributed by atoms with Gasteiger partial charge in [0, 0.05) is 19.3 Å². The van der Waals surface area contributed by atoms with Gasteiger partial charge in [0.25, 0.3) is 0 Å².